The first-order valence-electron chi connectivity index (χ1n) is 10.1. The first kappa shape index (κ1) is 21.9. The summed E-state index contributed by atoms with van der Waals surface area (Å²) in [4.78, 5) is 12.5. The maximum absolute atomic E-state index is 12.5. The van der Waals surface area contributed by atoms with Crippen molar-refractivity contribution in [3.63, 3.8) is 0 Å². The molecule has 0 radical (unpaired) electrons. The molecule has 3 rings (SSSR count). The number of hydrogen-bond acceptors (Lipinski definition) is 6. The van der Waals surface area contributed by atoms with Gasteiger partial charge in [-0.05, 0) is 44.5 Å². The molecule has 1 aromatic heterocycles. The van der Waals surface area contributed by atoms with Gasteiger partial charge in [0.2, 0.25) is 0 Å². The van der Waals surface area contributed by atoms with Gasteiger partial charge in [-0.25, -0.2) is 0 Å². The number of ether oxygens (including phenoxy) is 2. The van der Waals surface area contributed by atoms with Crippen LogP contribution in [0.15, 0.2) is 53.7 Å². The van der Waals surface area contributed by atoms with Crippen LogP contribution in [0.1, 0.15) is 32.3 Å². The second-order valence-corrected chi connectivity index (χ2v) is 8.03. The van der Waals surface area contributed by atoms with E-state index >= 15 is 0 Å². The van der Waals surface area contributed by atoms with Crippen LogP contribution >= 0.6 is 11.8 Å². The fraction of sp³-hybridized carbons (Fsp3) is 0.348. The normalized spacial score (nSPS) is 11.9. The van der Waals surface area contributed by atoms with Crippen LogP contribution in [0.25, 0.3) is 17.1 Å². The summed E-state index contributed by atoms with van der Waals surface area (Å²) in [7, 11) is 1.64. The molecule has 0 N–H and O–H groups in total. The highest BCUT2D eigenvalue weighted by Gasteiger charge is 2.25. The minimum Gasteiger partial charge on any atom is -0.497 e. The Hall–Kier alpha value is -2.80. The standard InChI is InChI=1S/C23H27N3O3S/c1-5-8-20(22(27)29-6-2)30-23-25-24-21(17-9-7-10-19(15-17)28-4)26(23)18-13-11-16(3)12-14-18/h7,9-15,20H,5-6,8H2,1-4H3/t20-/m0/s1. The van der Waals surface area contributed by atoms with Gasteiger partial charge in [0.25, 0.3) is 0 Å². The molecule has 0 aliphatic heterocycles. The van der Waals surface area contributed by atoms with E-state index < -0.39 is 0 Å². The van der Waals surface area contributed by atoms with Gasteiger partial charge in [0.1, 0.15) is 11.0 Å². The van der Waals surface area contributed by atoms with E-state index in [4.69, 9.17) is 9.47 Å². The molecule has 158 valence electrons. The fourth-order valence-electron chi connectivity index (χ4n) is 3.07. The number of aryl methyl sites for hydroxylation is 1. The molecule has 0 saturated carbocycles. The summed E-state index contributed by atoms with van der Waals surface area (Å²) in [5.74, 6) is 1.22. The molecule has 1 atom stereocenters. The number of aromatic nitrogens is 3. The van der Waals surface area contributed by atoms with Gasteiger partial charge in [-0.2, -0.15) is 0 Å². The van der Waals surface area contributed by atoms with Gasteiger partial charge in [-0.1, -0.05) is 54.9 Å². The van der Waals surface area contributed by atoms with Gasteiger partial charge in [-0.15, -0.1) is 10.2 Å². The second kappa shape index (κ2) is 10.3. The third kappa shape index (κ3) is 5.02. The van der Waals surface area contributed by atoms with E-state index in [0.717, 1.165) is 23.4 Å². The number of nitrogens with zero attached hydrogens (tertiary/aromatic N) is 3. The molecule has 2 aromatic carbocycles. The van der Waals surface area contributed by atoms with Crippen molar-refractivity contribution in [3.8, 4) is 22.8 Å². The smallest absolute Gasteiger partial charge is 0.319 e. The molecule has 0 amide bonds. The average molecular weight is 426 g/mol. The molecule has 0 unspecified atom stereocenters. The number of rotatable bonds is 9. The zero-order valence-electron chi connectivity index (χ0n) is 17.8. The quantitative estimate of drug-likeness (QED) is 0.352. The van der Waals surface area contributed by atoms with E-state index in [0.29, 0.717) is 24.0 Å². The van der Waals surface area contributed by atoms with Crippen LogP contribution in [-0.2, 0) is 9.53 Å². The van der Waals surface area contributed by atoms with Gasteiger partial charge in [0.05, 0.1) is 13.7 Å². The largest absolute Gasteiger partial charge is 0.497 e. The third-order valence-electron chi connectivity index (χ3n) is 4.60. The monoisotopic (exact) mass is 425 g/mol. The number of esters is 1. The Morgan fingerprint density at radius 2 is 1.90 bits per heavy atom. The van der Waals surface area contributed by atoms with Crippen LogP contribution in [0.2, 0.25) is 0 Å². The molecule has 0 aliphatic rings. The maximum atomic E-state index is 12.5. The number of carbonyl (C=O) groups is 1. The van der Waals surface area contributed by atoms with Gasteiger partial charge in [0.15, 0.2) is 11.0 Å². The van der Waals surface area contributed by atoms with E-state index in [2.05, 4.69) is 17.1 Å². The van der Waals surface area contributed by atoms with Crippen molar-refractivity contribution < 1.29 is 14.3 Å². The van der Waals surface area contributed by atoms with Crippen LogP contribution in [0, 0.1) is 6.92 Å². The third-order valence-corrected chi connectivity index (χ3v) is 5.79. The number of hydrogen-bond donors (Lipinski definition) is 0. The van der Waals surface area contributed by atoms with Crippen LogP contribution in [0.3, 0.4) is 0 Å². The first-order valence-corrected chi connectivity index (χ1v) is 11.0. The summed E-state index contributed by atoms with van der Waals surface area (Å²) in [5, 5.41) is 9.23. The lowest BCUT2D eigenvalue weighted by molar-refractivity contribution is -0.142. The zero-order chi connectivity index (χ0) is 21.5. The molecule has 0 fully saturated rings. The number of thioether (sulfide) groups is 1. The Morgan fingerprint density at radius 1 is 1.13 bits per heavy atom. The Bertz CT molecular complexity index is 986. The minimum absolute atomic E-state index is 0.217. The molecule has 1 heterocycles. The highest BCUT2D eigenvalue weighted by atomic mass is 32.2. The van der Waals surface area contributed by atoms with Gasteiger partial charge in [-0.3, -0.25) is 9.36 Å². The van der Waals surface area contributed by atoms with E-state index in [9.17, 15) is 4.79 Å². The van der Waals surface area contributed by atoms with Crippen LogP contribution in [-0.4, -0.2) is 39.7 Å². The predicted octanol–water partition coefficient (Wildman–Crippen LogP) is 5.08. The summed E-state index contributed by atoms with van der Waals surface area (Å²) < 4.78 is 12.6. The fourth-order valence-corrected chi connectivity index (χ4v) is 4.23. The van der Waals surface area contributed by atoms with Crippen molar-refractivity contribution in [1.29, 1.82) is 0 Å². The van der Waals surface area contributed by atoms with Crippen LogP contribution in [0.4, 0.5) is 0 Å². The van der Waals surface area contributed by atoms with E-state index in [-0.39, 0.29) is 11.2 Å². The topological polar surface area (TPSA) is 66.2 Å². The van der Waals surface area contributed by atoms with Crippen LogP contribution < -0.4 is 4.74 Å². The number of carbonyl (C=O) groups excluding carboxylic acids is 1. The predicted molar refractivity (Wildman–Crippen MR) is 119 cm³/mol. The SMILES string of the molecule is CCC[C@H](Sc1nnc(-c2cccc(OC)c2)n1-c1ccc(C)cc1)C(=O)OCC. The highest BCUT2D eigenvalue weighted by Crippen LogP contribution is 2.33. The summed E-state index contributed by atoms with van der Waals surface area (Å²) >= 11 is 1.40. The molecule has 0 saturated heterocycles. The van der Waals surface area contributed by atoms with Gasteiger partial charge >= 0.3 is 5.97 Å². The maximum Gasteiger partial charge on any atom is 0.319 e. The summed E-state index contributed by atoms with van der Waals surface area (Å²) in [5.41, 5.74) is 2.99. The lowest BCUT2D eigenvalue weighted by Crippen LogP contribution is -2.20. The molecule has 7 heteroatoms. The highest BCUT2D eigenvalue weighted by molar-refractivity contribution is 8.00. The Balaban J connectivity index is 2.07. The van der Waals surface area contributed by atoms with Crippen molar-refractivity contribution in [3.05, 3.63) is 54.1 Å². The Labute approximate surface area is 181 Å². The van der Waals surface area contributed by atoms with Crippen molar-refractivity contribution in [2.24, 2.45) is 0 Å². The molecular weight excluding hydrogens is 398 g/mol. The lowest BCUT2D eigenvalue weighted by Gasteiger charge is -2.16. The Kier molecular flexibility index (Phi) is 7.52. The lowest BCUT2D eigenvalue weighted by atomic mass is 10.2. The Morgan fingerprint density at radius 3 is 2.57 bits per heavy atom. The van der Waals surface area contributed by atoms with E-state index in [1.807, 2.05) is 66.9 Å². The molecule has 0 aliphatic carbocycles. The molecule has 30 heavy (non-hydrogen) atoms. The molecular formula is C23H27N3O3S. The van der Waals surface area contributed by atoms with E-state index in [1.165, 1.54) is 17.3 Å². The van der Waals surface area contributed by atoms with Crippen LogP contribution in [0.5, 0.6) is 5.75 Å². The molecule has 0 spiro atoms. The van der Waals surface area contributed by atoms with Crippen molar-refractivity contribution in [2.45, 2.75) is 44.0 Å². The number of benzene rings is 2. The summed E-state index contributed by atoms with van der Waals surface area (Å²) in [6.07, 6.45) is 1.58. The second-order valence-electron chi connectivity index (χ2n) is 6.86. The minimum atomic E-state index is -0.332. The van der Waals surface area contributed by atoms with Crippen molar-refractivity contribution >= 4 is 17.7 Å². The van der Waals surface area contributed by atoms with Gasteiger partial charge in [0, 0.05) is 11.3 Å². The molecule has 6 nitrogen and oxygen atoms in total. The summed E-state index contributed by atoms with van der Waals surface area (Å²) in [6, 6.07) is 15.9. The van der Waals surface area contributed by atoms with Crippen molar-refractivity contribution in [2.75, 3.05) is 13.7 Å². The average Bonchev–Trinajstić information content (AvgIpc) is 3.18. The molecule has 3 aromatic rings. The summed E-state index contributed by atoms with van der Waals surface area (Å²) in [6.45, 7) is 6.28. The van der Waals surface area contributed by atoms with Gasteiger partial charge < -0.3 is 9.47 Å². The first-order chi connectivity index (χ1) is 14.6. The number of methoxy groups -OCH3 is 1. The molecule has 0 bridgehead atoms. The van der Waals surface area contributed by atoms with E-state index in [1.54, 1.807) is 7.11 Å². The zero-order valence-corrected chi connectivity index (χ0v) is 18.6. The van der Waals surface area contributed by atoms with Crippen molar-refractivity contribution in [1.82, 2.24) is 14.8 Å².